The topological polar surface area (TPSA) is 177 Å². The Bertz CT molecular complexity index is 5460. The van der Waals surface area contributed by atoms with E-state index >= 15 is 0 Å². The van der Waals surface area contributed by atoms with E-state index in [9.17, 15) is 0 Å². The van der Waals surface area contributed by atoms with Crippen molar-refractivity contribution in [1.29, 1.82) is 0 Å². The van der Waals surface area contributed by atoms with Crippen LogP contribution in [-0.2, 0) is 35.8 Å². The van der Waals surface area contributed by atoms with Gasteiger partial charge in [0.15, 0.2) is 6.39 Å². The molecule has 0 atom stereocenters. The highest BCUT2D eigenvalue weighted by atomic mass is 32.1. The molecule has 3 aromatic carbocycles. The molecule has 3 aliphatic rings. The first-order valence-corrected chi connectivity index (χ1v) is 55.0. The van der Waals surface area contributed by atoms with Crippen LogP contribution in [0.4, 0.5) is 0 Å². The van der Waals surface area contributed by atoms with Crippen LogP contribution in [0.1, 0.15) is 394 Å². The number of aromatic nitrogens is 12. The first-order chi connectivity index (χ1) is 69.6. The lowest BCUT2D eigenvalue weighted by Crippen LogP contribution is -2.12. The minimum Gasteiger partial charge on any atom is -0.451 e. The number of thiophene rings is 2. The zero-order valence-corrected chi connectivity index (χ0v) is 100. The van der Waals surface area contributed by atoms with E-state index in [0.717, 1.165) is 47.8 Å². The van der Waals surface area contributed by atoms with Gasteiger partial charge in [0, 0.05) is 120 Å². The summed E-state index contributed by atoms with van der Waals surface area (Å²) in [6.07, 6.45) is 37.5. The maximum Gasteiger partial charge on any atom is 0.180 e. The molecule has 0 fully saturated rings. The smallest absolute Gasteiger partial charge is 0.180 e. The molecule has 148 heavy (non-hydrogen) atoms. The third kappa shape index (κ3) is 58.7. The van der Waals surface area contributed by atoms with E-state index in [4.69, 9.17) is 4.42 Å². The first-order valence-electron chi connectivity index (χ1n) is 53.2. The van der Waals surface area contributed by atoms with Crippen LogP contribution in [0.25, 0.3) is 10.9 Å². The van der Waals surface area contributed by atoms with E-state index in [0.29, 0.717) is 87.3 Å². The Morgan fingerprint density at radius 1 is 0.365 bits per heavy atom. The number of aliphatic imine (C=N–C) groups is 2. The van der Waals surface area contributed by atoms with Crippen molar-refractivity contribution in [3.63, 3.8) is 0 Å². The second-order valence-electron chi connectivity index (χ2n) is 44.7. The number of aryl methyl sites for hydroxylation is 3. The van der Waals surface area contributed by atoms with Gasteiger partial charge in [-0.05, 0) is 265 Å². The minimum absolute atomic E-state index is 0.182. The summed E-state index contributed by atoms with van der Waals surface area (Å²) < 4.78 is 8.51. The van der Waals surface area contributed by atoms with Crippen LogP contribution < -0.4 is 0 Å². The van der Waals surface area contributed by atoms with Crippen molar-refractivity contribution in [3.8, 4) is 0 Å². The molecule has 0 N–H and O–H groups in total. The van der Waals surface area contributed by atoms with Crippen LogP contribution in [-0.4, -0.2) is 83.9 Å². The third-order valence-corrected chi connectivity index (χ3v) is 25.0. The van der Waals surface area contributed by atoms with Gasteiger partial charge < -0.3 is 4.42 Å². The van der Waals surface area contributed by atoms with Gasteiger partial charge in [0.25, 0.3) is 0 Å². The van der Waals surface area contributed by atoms with Gasteiger partial charge in [-0.2, -0.15) is 21.5 Å². The van der Waals surface area contributed by atoms with E-state index in [1.165, 1.54) is 89.6 Å². The van der Waals surface area contributed by atoms with Crippen LogP contribution in [0, 0.1) is 24.7 Å². The second kappa shape index (κ2) is 71.7. The Labute approximate surface area is 906 Å². The van der Waals surface area contributed by atoms with Crippen LogP contribution in [0.3, 0.4) is 0 Å². The summed E-state index contributed by atoms with van der Waals surface area (Å²) in [5, 5.41) is 16.2. The van der Waals surface area contributed by atoms with Crippen molar-refractivity contribution in [2.45, 2.75) is 344 Å². The van der Waals surface area contributed by atoms with Crippen molar-refractivity contribution in [3.05, 3.63) is 405 Å². The number of rotatable bonds is 12. The van der Waals surface area contributed by atoms with Gasteiger partial charge in [-0.1, -0.05) is 376 Å². The third-order valence-electron chi connectivity index (χ3n) is 23.1. The monoisotopic (exact) mass is 2040 g/mol. The summed E-state index contributed by atoms with van der Waals surface area (Å²) in [5.74, 6) is 7.02. The molecule has 1 aliphatic carbocycles. The van der Waals surface area contributed by atoms with Gasteiger partial charge in [0.2, 0.25) is 0 Å². The van der Waals surface area contributed by atoms with Gasteiger partial charge in [-0.25, -0.2) is 15.0 Å². The zero-order valence-electron chi connectivity index (χ0n) is 98.6. The molecule has 2 aliphatic heterocycles. The molecule has 0 bridgehead atoms. The summed E-state index contributed by atoms with van der Waals surface area (Å²) in [7, 11) is 3.91. The predicted octanol–water partition coefficient (Wildman–Crippen LogP) is 37.3. The molecule has 0 saturated heterocycles. The molecular formula is C131H190N14OS2. The number of hydrogen-bond donors (Lipinski definition) is 0. The Hall–Kier alpha value is -11.9. The SMILES string of the molecule is CC(C)(C)c1ccccc1.CC(C)(C)c1ccccn1.CC(C)(C)c1cccs1.CC(C)(C)c1ccsc1.CC(C)C1=CCC=C1.CC(C)C1=NCC=C1.CC(C)c1ccccc1.CC(C)c1ccccn1.CC(C)c1ccn(C)n1.CC(C)c1ccncc1.CC(C)c1ccncc1.CC(C)c1cnc2ccccc2c1.CC(C)c1cncnc1.CC(C)c1cocn1.CC1=CC(C(C)C)=NC1.Cc1cc(C(C)C)nn1C. The van der Waals surface area contributed by atoms with E-state index in [2.05, 4.69) is 473 Å². The van der Waals surface area contributed by atoms with Crippen LogP contribution in [0.5, 0.6) is 0 Å². The highest BCUT2D eigenvalue weighted by molar-refractivity contribution is 7.10. The van der Waals surface area contributed by atoms with Gasteiger partial charge in [0.05, 0.1) is 35.7 Å². The average molecular weight is 2040 g/mol. The molecule has 17 rings (SSSR count). The Morgan fingerprint density at radius 2 is 0.878 bits per heavy atom. The minimum atomic E-state index is 0.182. The fraction of sp³-hybridized carbons (Fsp3) is 0.450. The maximum absolute atomic E-state index is 4.76. The summed E-state index contributed by atoms with van der Waals surface area (Å²) in [6.45, 7) is 84.5. The van der Waals surface area contributed by atoms with Crippen LogP contribution in [0.2, 0.25) is 0 Å². The fourth-order valence-corrected chi connectivity index (χ4v) is 14.6. The van der Waals surface area contributed by atoms with E-state index in [1.54, 1.807) is 23.9 Å². The number of fused-ring (bicyclic) bond motifs is 1. The number of benzene rings is 3. The highest BCUT2D eigenvalue weighted by Crippen LogP contribution is 2.29. The molecule has 0 unspecified atom stereocenters. The van der Waals surface area contributed by atoms with Crippen molar-refractivity contribution in [2.75, 3.05) is 13.1 Å². The number of nitrogens with zero attached hydrogens (tertiary/aromatic N) is 14. The van der Waals surface area contributed by atoms with E-state index in [1.807, 2.05) is 182 Å². The highest BCUT2D eigenvalue weighted by Gasteiger charge is 2.17. The lowest BCUT2D eigenvalue weighted by atomic mass is 9.87. The fourth-order valence-electron chi connectivity index (χ4n) is 12.9. The summed E-state index contributed by atoms with van der Waals surface area (Å²) in [6, 6.07) is 62.4. The van der Waals surface area contributed by atoms with Gasteiger partial charge in [-0.3, -0.25) is 44.3 Å². The molecule has 11 aromatic heterocycles. The zero-order chi connectivity index (χ0) is 111. The molecule has 0 saturated carbocycles. The molecule has 14 aromatic rings. The van der Waals surface area contributed by atoms with E-state index < -0.39 is 0 Å². The molecule has 0 amide bonds. The predicted molar refractivity (Wildman–Crippen MR) is 645 cm³/mol. The number of para-hydroxylation sites is 1. The molecule has 802 valence electrons. The van der Waals surface area contributed by atoms with Gasteiger partial charge >= 0.3 is 0 Å². The van der Waals surface area contributed by atoms with Gasteiger partial charge in [-0.15, -0.1) is 11.3 Å². The number of allylic oxidation sites excluding steroid dienone is 6. The largest absolute Gasteiger partial charge is 0.451 e. The normalized spacial score (nSPS) is 12.0. The molecule has 0 spiro atoms. The Morgan fingerprint density at radius 3 is 1.16 bits per heavy atom. The second-order valence-corrected chi connectivity index (χ2v) is 46.4. The number of oxazole rings is 1. The molecule has 17 heteroatoms. The molecule has 0 radical (unpaired) electrons. The summed E-state index contributed by atoms with van der Waals surface area (Å²) >= 11 is 3.60. The number of pyridine rings is 5. The Balaban J connectivity index is 0.000000534. The molecule has 13 heterocycles. The number of hydrogen-bond acceptors (Lipinski definition) is 15. The molecule has 15 nitrogen and oxygen atoms in total. The van der Waals surface area contributed by atoms with Gasteiger partial charge in [0.1, 0.15) is 12.6 Å². The first kappa shape index (κ1) is 132. The maximum atomic E-state index is 4.76. The van der Waals surface area contributed by atoms with Crippen molar-refractivity contribution in [2.24, 2.45) is 41.8 Å². The average Bonchev–Trinajstić information content (AvgIpc) is 1.29. The summed E-state index contributed by atoms with van der Waals surface area (Å²) in [5.41, 5.74) is 24.0. The van der Waals surface area contributed by atoms with E-state index in [-0.39, 0.29) is 5.41 Å². The molecular weight excluding hydrogens is 1850 g/mol. The van der Waals surface area contributed by atoms with Crippen molar-refractivity contribution < 1.29 is 4.42 Å². The van der Waals surface area contributed by atoms with Crippen LogP contribution >= 0.6 is 22.7 Å². The van der Waals surface area contributed by atoms with Crippen molar-refractivity contribution in [1.82, 2.24) is 59.4 Å². The lowest BCUT2D eigenvalue weighted by Gasteiger charge is -2.18. The van der Waals surface area contributed by atoms with Crippen molar-refractivity contribution >= 4 is 45.0 Å². The van der Waals surface area contributed by atoms with Crippen LogP contribution in [0.15, 0.2) is 341 Å². The lowest BCUT2D eigenvalue weighted by molar-refractivity contribution is 0.555. The Kier molecular flexibility index (Phi) is 64.0. The summed E-state index contributed by atoms with van der Waals surface area (Å²) in [4.78, 5) is 42.5. The quantitative estimate of drug-likeness (QED) is 0.114. The standard InChI is InChI=1S/C12H13N.C10H14.C9H13N.C9H12.C8H14N2.C8H13N.3C8H11N.2C8H12S.C8H12.C7H10N2.C7H12N2.C7H11N.C6H9NO/c1-9(2)11-7-10-5-3-4-6-12(10)13-8-11;1-10(2,3)9-7-5-4-6-8-9;1-9(2,3)8-6-4-5-7-10-8;1-8(2)9-6-4-3-5-7-9;1-6(2)8-5-7(3)10(4)9-8;1-6(2)8-4-7(3)5-9-8;2*1-7(2)8-3-5-9-6-4-8;1-7(2)8-5-3-4-6-9-8;1-8(2,3)7-4-5-9-6-7;1-8(2,3)7-5-4-6-9-7;1-7(2)8-5-3-4-6-8;1-6(2)7-3-8-5-9-4-7;1-6(2)7-4-5-9(3)8-7;1-6(2)7-4-3-5-8-7;1-5(2)6-3-8-4-7-6/h3-9H,1-2H3;4-8H,1-3H3;4-7H,1-3H3;3-8H,1-2H3;5-6H,1-4H3;4,6H,5H2,1-3H3;3*3-7H,1-2H3;2*4-6H,1-3H3;3,5-7H,4H2,1-2H3;3-6H,1-2H3;4-6H,1-3H3;3-4,6H,5H2,1-2H3;3-5H,1-2H3.